The van der Waals surface area contributed by atoms with Gasteiger partial charge in [0.1, 0.15) is 16.6 Å². The number of nitrogens with one attached hydrogen (secondary N) is 2. The number of aromatic amines is 1. The number of likely N-dealkylation sites (tertiary alicyclic amines) is 1. The Kier molecular flexibility index (Phi) is 6.02. The van der Waals surface area contributed by atoms with Crippen LogP contribution in [0.15, 0.2) is 36.7 Å². The van der Waals surface area contributed by atoms with Gasteiger partial charge in [0.15, 0.2) is 0 Å². The van der Waals surface area contributed by atoms with Gasteiger partial charge in [-0.15, -0.1) is 0 Å². The summed E-state index contributed by atoms with van der Waals surface area (Å²) in [7, 11) is 0. The van der Waals surface area contributed by atoms with Gasteiger partial charge in [0, 0.05) is 35.4 Å². The Morgan fingerprint density at radius 2 is 1.76 bits per heavy atom. The van der Waals surface area contributed by atoms with Gasteiger partial charge in [-0.3, -0.25) is 0 Å². The van der Waals surface area contributed by atoms with Crippen LogP contribution in [0.3, 0.4) is 0 Å². The minimum Gasteiger partial charge on any atom is -0.367 e. The van der Waals surface area contributed by atoms with Crippen molar-refractivity contribution >= 4 is 28.5 Å². The third-order valence-corrected chi connectivity index (χ3v) is 8.71. The number of hydrogen-bond donors (Lipinski definition) is 2. The summed E-state index contributed by atoms with van der Waals surface area (Å²) < 4.78 is 0. The zero-order chi connectivity index (χ0) is 22.2. The Morgan fingerprint density at radius 3 is 2.52 bits per heavy atom. The van der Waals surface area contributed by atoms with E-state index in [4.69, 9.17) is 11.6 Å². The standard InChI is InChI=1S/C27H34ClN5/c28-25-15-20(24-17-30-27-23(24)5-2-12-29-27)16-26(32-25)31-21-8-6-18(7-9-21)19-10-13-33(14-11-19)22-3-1-4-22/h2,5,12,15-19,21-22H,1,3-4,6-11,13-14H2,(H,29,30)(H,31,32). The van der Waals surface area contributed by atoms with Gasteiger partial charge in [-0.25, -0.2) is 9.97 Å². The maximum atomic E-state index is 6.43. The Labute approximate surface area is 201 Å². The van der Waals surface area contributed by atoms with E-state index in [0.717, 1.165) is 45.9 Å². The van der Waals surface area contributed by atoms with Crippen LogP contribution in [0.25, 0.3) is 22.2 Å². The molecule has 2 saturated carbocycles. The van der Waals surface area contributed by atoms with Crippen molar-refractivity contribution in [2.24, 2.45) is 11.8 Å². The van der Waals surface area contributed by atoms with E-state index in [2.05, 4.69) is 37.3 Å². The zero-order valence-corrected chi connectivity index (χ0v) is 20.0. The van der Waals surface area contributed by atoms with Crippen molar-refractivity contribution < 1.29 is 0 Å². The molecule has 1 saturated heterocycles. The van der Waals surface area contributed by atoms with E-state index in [-0.39, 0.29) is 0 Å². The summed E-state index contributed by atoms with van der Waals surface area (Å²) in [5, 5.41) is 5.34. The second-order valence-corrected chi connectivity index (χ2v) is 10.8. The molecule has 4 heterocycles. The van der Waals surface area contributed by atoms with E-state index in [1.807, 2.05) is 24.5 Å². The highest BCUT2D eigenvalue weighted by Crippen LogP contribution is 2.38. The average molecular weight is 464 g/mol. The Bertz CT molecular complexity index is 1090. The van der Waals surface area contributed by atoms with Gasteiger partial charge >= 0.3 is 0 Å². The lowest BCUT2D eigenvalue weighted by Gasteiger charge is -2.44. The third kappa shape index (κ3) is 4.50. The summed E-state index contributed by atoms with van der Waals surface area (Å²) in [6.45, 7) is 2.68. The fourth-order valence-electron chi connectivity index (χ4n) is 6.37. The summed E-state index contributed by atoms with van der Waals surface area (Å²) in [5.74, 6) is 2.73. The van der Waals surface area contributed by atoms with Crippen molar-refractivity contribution in [2.45, 2.75) is 69.9 Å². The summed E-state index contributed by atoms with van der Waals surface area (Å²) in [5.41, 5.74) is 3.08. The van der Waals surface area contributed by atoms with Gasteiger partial charge in [0.25, 0.3) is 0 Å². The van der Waals surface area contributed by atoms with Crippen LogP contribution in [-0.4, -0.2) is 45.0 Å². The molecule has 1 aliphatic heterocycles. The number of H-pyrrole nitrogens is 1. The van der Waals surface area contributed by atoms with E-state index in [1.54, 1.807) is 0 Å². The van der Waals surface area contributed by atoms with Gasteiger partial charge in [0.05, 0.1) is 0 Å². The van der Waals surface area contributed by atoms with Gasteiger partial charge in [-0.1, -0.05) is 18.0 Å². The first-order valence-electron chi connectivity index (χ1n) is 12.8. The summed E-state index contributed by atoms with van der Waals surface area (Å²) in [6.07, 6.45) is 16.1. The Morgan fingerprint density at radius 1 is 0.970 bits per heavy atom. The van der Waals surface area contributed by atoms with Crippen LogP contribution < -0.4 is 5.32 Å². The number of pyridine rings is 2. The Balaban J connectivity index is 1.07. The number of aromatic nitrogens is 3. The van der Waals surface area contributed by atoms with Gasteiger partial charge in [-0.2, -0.15) is 0 Å². The summed E-state index contributed by atoms with van der Waals surface area (Å²) in [6, 6.07) is 9.53. The second kappa shape index (κ2) is 9.27. The Hall–Kier alpha value is -2.11. The van der Waals surface area contributed by atoms with Crippen molar-refractivity contribution in [3.8, 4) is 11.1 Å². The van der Waals surface area contributed by atoms with Crippen LogP contribution in [-0.2, 0) is 0 Å². The van der Waals surface area contributed by atoms with Gasteiger partial charge < -0.3 is 15.2 Å². The molecule has 3 fully saturated rings. The molecule has 0 amide bonds. The molecule has 174 valence electrons. The van der Waals surface area contributed by atoms with Crippen molar-refractivity contribution in [2.75, 3.05) is 18.4 Å². The fraction of sp³-hybridized carbons (Fsp3) is 0.556. The largest absolute Gasteiger partial charge is 0.367 e. The predicted octanol–water partition coefficient (Wildman–Crippen LogP) is 6.51. The monoisotopic (exact) mass is 463 g/mol. The van der Waals surface area contributed by atoms with Crippen molar-refractivity contribution in [3.05, 3.63) is 41.8 Å². The fourth-order valence-corrected chi connectivity index (χ4v) is 6.58. The lowest BCUT2D eigenvalue weighted by Crippen LogP contribution is -2.46. The molecule has 5 nitrogen and oxygen atoms in total. The van der Waals surface area contributed by atoms with Crippen molar-refractivity contribution in [3.63, 3.8) is 0 Å². The first-order chi connectivity index (χ1) is 16.2. The van der Waals surface area contributed by atoms with Crippen LogP contribution >= 0.6 is 11.6 Å². The molecule has 3 aliphatic rings. The minimum atomic E-state index is 0.486. The molecule has 0 unspecified atom stereocenters. The lowest BCUT2D eigenvalue weighted by atomic mass is 9.74. The molecule has 6 heteroatoms. The first kappa shape index (κ1) is 21.4. The topological polar surface area (TPSA) is 56.8 Å². The quantitative estimate of drug-likeness (QED) is 0.423. The number of nitrogens with zero attached hydrogens (tertiary/aromatic N) is 3. The zero-order valence-electron chi connectivity index (χ0n) is 19.3. The molecule has 0 radical (unpaired) electrons. The molecule has 2 aliphatic carbocycles. The highest BCUT2D eigenvalue weighted by atomic mass is 35.5. The summed E-state index contributed by atoms with van der Waals surface area (Å²) in [4.78, 5) is 15.0. The molecule has 33 heavy (non-hydrogen) atoms. The van der Waals surface area contributed by atoms with Gasteiger partial charge in [-0.05, 0) is 106 Å². The first-order valence-corrected chi connectivity index (χ1v) is 13.2. The molecule has 0 spiro atoms. The normalized spacial score (nSPS) is 25.2. The average Bonchev–Trinajstić information content (AvgIpc) is 3.23. The SMILES string of the molecule is Clc1cc(-c2c[nH]c3ncccc23)cc(NC2CCC(C3CCN(C4CCC4)CC3)CC2)n1. The minimum absolute atomic E-state index is 0.486. The molecule has 0 aromatic carbocycles. The highest BCUT2D eigenvalue weighted by Gasteiger charge is 2.33. The number of halogens is 1. The number of fused-ring (bicyclic) bond motifs is 1. The molecule has 0 atom stereocenters. The summed E-state index contributed by atoms with van der Waals surface area (Å²) >= 11 is 6.43. The van der Waals surface area contributed by atoms with Crippen LogP contribution in [0.5, 0.6) is 0 Å². The molecule has 6 rings (SSSR count). The number of hydrogen-bond acceptors (Lipinski definition) is 4. The van der Waals surface area contributed by atoms with Crippen molar-refractivity contribution in [1.82, 2.24) is 19.9 Å². The van der Waals surface area contributed by atoms with Crippen LogP contribution in [0, 0.1) is 11.8 Å². The predicted molar refractivity (Wildman–Crippen MR) is 136 cm³/mol. The van der Waals surface area contributed by atoms with Crippen LogP contribution in [0.4, 0.5) is 5.82 Å². The van der Waals surface area contributed by atoms with E-state index < -0.39 is 0 Å². The molecule has 2 N–H and O–H groups in total. The van der Waals surface area contributed by atoms with E-state index >= 15 is 0 Å². The number of anilines is 1. The van der Waals surface area contributed by atoms with Gasteiger partial charge in [0.2, 0.25) is 0 Å². The third-order valence-electron chi connectivity index (χ3n) is 8.51. The van der Waals surface area contributed by atoms with Crippen molar-refractivity contribution in [1.29, 1.82) is 0 Å². The highest BCUT2D eigenvalue weighted by molar-refractivity contribution is 6.29. The molecule has 3 aromatic rings. The molecule has 3 aromatic heterocycles. The van der Waals surface area contributed by atoms with Crippen LogP contribution in [0.2, 0.25) is 5.15 Å². The smallest absolute Gasteiger partial charge is 0.137 e. The maximum absolute atomic E-state index is 6.43. The molecule has 0 bridgehead atoms. The molecular formula is C27H34ClN5. The van der Waals surface area contributed by atoms with Crippen LogP contribution in [0.1, 0.15) is 57.8 Å². The number of rotatable bonds is 5. The van der Waals surface area contributed by atoms with E-state index in [9.17, 15) is 0 Å². The van der Waals surface area contributed by atoms with E-state index in [1.165, 1.54) is 70.9 Å². The maximum Gasteiger partial charge on any atom is 0.137 e. The number of piperidine rings is 1. The lowest BCUT2D eigenvalue weighted by molar-refractivity contribution is 0.0615. The van der Waals surface area contributed by atoms with E-state index in [0.29, 0.717) is 11.2 Å². The second-order valence-electron chi connectivity index (χ2n) is 10.4. The molecular weight excluding hydrogens is 430 g/mol.